The van der Waals surface area contributed by atoms with E-state index in [-0.39, 0.29) is 30.9 Å². The van der Waals surface area contributed by atoms with E-state index in [1.165, 1.54) is 22.9 Å². The fraction of sp³-hybridized carbons (Fsp3) is 0.391. The molecule has 2 aliphatic heterocycles. The normalized spacial score (nSPS) is 18.5. The summed E-state index contributed by atoms with van der Waals surface area (Å²) in [6.45, 7) is 4.81. The molecule has 0 saturated heterocycles. The fourth-order valence-corrected chi connectivity index (χ4v) is 4.59. The van der Waals surface area contributed by atoms with Gasteiger partial charge in [0.2, 0.25) is 5.91 Å². The predicted molar refractivity (Wildman–Crippen MR) is 119 cm³/mol. The third-order valence-corrected chi connectivity index (χ3v) is 6.47. The number of rotatable bonds is 5. The molecule has 2 heterocycles. The molecule has 7 heteroatoms. The Kier molecular flexibility index (Phi) is 6.29. The lowest BCUT2D eigenvalue weighted by molar-refractivity contribution is -0.116. The number of anilines is 1. The molecule has 0 aromatic heterocycles. The van der Waals surface area contributed by atoms with Gasteiger partial charge in [0.05, 0.1) is 24.3 Å². The van der Waals surface area contributed by atoms with Gasteiger partial charge in [0.15, 0.2) is 5.75 Å². The Hall–Kier alpha value is -2.51. The lowest BCUT2D eigenvalue weighted by Gasteiger charge is -2.36. The Labute approximate surface area is 181 Å². The molecule has 158 valence electrons. The SMILES string of the molecule is CCN1Cc2ccccc2C[C@H]1CNC(=O)c1cc(SC)cc2c1OCCC(=O)N2. The van der Waals surface area contributed by atoms with E-state index in [0.29, 0.717) is 23.5 Å². The van der Waals surface area contributed by atoms with Crippen LogP contribution in [0.2, 0.25) is 0 Å². The molecule has 1 atom stereocenters. The highest BCUT2D eigenvalue weighted by Crippen LogP contribution is 2.35. The van der Waals surface area contributed by atoms with Gasteiger partial charge in [-0.1, -0.05) is 31.2 Å². The summed E-state index contributed by atoms with van der Waals surface area (Å²) in [4.78, 5) is 28.4. The molecule has 6 nitrogen and oxygen atoms in total. The van der Waals surface area contributed by atoms with Gasteiger partial charge in [-0.15, -0.1) is 11.8 Å². The van der Waals surface area contributed by atoms with Crippen molar-refractivity contribution >= 4 is 29.3 Å². The Morgan fingerprint density at radius 3 is 2.87 bits per heavy atom. The third kappa shape index (κ3) is 4.32. The van der Waals surface area contributed by atoms with Crippen LogP contribution in [0.5, 0.6) is 5.75 Å². The van der Waals surface area contributed by atoms with Crippen LogP contribution in [0, 0.1) is 0 Å². The summed E-state index contributed by atoms with van der Waals surface area (Å²) >= 11 is 1.53. The predicted octanol–water partition coefficient (Wildman–Crippen LogP) is 3.31. The molecule has 30 heavy (non-hydrogen) atoms. The van der Waals surface area contributed by atoms with Crippen LogP contribution in [-0.2, 0) is 17.8 Å². The molecular formula is C23H27N3O3S. The highest BCUT2D eigenvalue weighted by atomic mass is 32.2. The summed E-state index contributed by atoms with van der Waals surface area (Å²) < 4.78 is 5.79. The van der Waals surface area contributed by atoms with E-state index < -0.39 is 0 Å². The minimum absolute atomic E-state index is 0.0992. The van der Waals surface area contributed by atoms with Gasteiger partial charge in [-0.05, 0) is 42.5 Å². The minimum Gasteiger partial charge on any atom is -0.490 e. The molecule has 0 radical (unpaired) electrons. The Balaban J connectivity index is 1.53. The second kappa shape index (κ2) is 9.10. The smallest absolute Gasteiger partial charge is 0.255 e. The molecule has 0 saturated carbocycles. The highest BCUT2D eigenvalue weighted by molar-refractivity contribution is 7.98. The number of hydrogen-bond acceptors (Lipinski definition) is 5. The van der Waals surface area contributed by atoms with Crippen molar-refractivity contribution in [3.05, 3.63) is 53.1 Å². The second-order valence-electron chi connectivity index (χ2n) is 7.60. The minimum atomic E-state index is -0.173. The summed E-state index contributed by atoms with van der Waals surface area (Å²) in [5.74, 6) is 0.184. The molecule has 2 amide bonds. The van der Waals surface area contributed by atoms with Gasteiger partial charge in [0.25, 0.3) is 5.91 Å². The maximum atomic E-state index is 13.1. The van der Waals surface area contributed by atoms with Crippen LogP contribution in [0.4, 0.5) is 5.69 Å². The summed E-state index contributed by atoms with van der Waals surface area (Å²) in [6, 6.07) is 12.5. The maximum absolute atomic E-state index is 13.1. The van der Waals surface area contributed by atoms with Crippen LogP contribution < -0.4 is 15.4 Å². The van der Waals surface area contributed by atoms with Crippen molar-refractivity contribution in [2.24, 2.45) is 0 Å². The van der Waals surface area contributed by atoms with E-state index in [9.17, 15) is 9.59 Å². The van der Waals surface area contributed by atoms with Crippen molar-refractivity contribution in [3.63, 3.8) is 0 Å². The topological polar surface area (TPSA) is 70.7 Å². The van der Waals surface area contributed by atoms with Gasteiger partial charge in [-0.25, -0.2) is 0 Å². The molecule has 2 aromatic carbocycles. The van der Waals surface area contributed by atoms with E-state index in [1.54, 1.807) is 0 Å². The number of ether oxygens (including phenoxy) is 1. The number of amides is 2. The number of thioether (sulfide) groups is 1. The second-order valence-corrected chi connectivity index (χ2v) is 8.48. The van der Waals surface area contributed by atoms with Crippen molar-refractivity contribution in [3.8, 4) is 5.75 Å². The van der Waals surface area contributed by atoms with E-state index in [4.69, 9.17) is 4.74 Å². The van der Waals surface area contributed by atoms with Crippen molar-refractivity contribution in [1.29, 1.82) is 0 Å². The highest BCUT2D eigenvalue weighted by Gasteiger charge is 2.27. The number of carbonyl (C=O) groups excluding carboxylic acids is 2. The Bertz CT molecular complexity index is 963. The zero-order valence-corrected chi connectivity index (χ0v) is 18.2. The van der Waals surface area contributed by atoms with Crippen molar-refractivity contribution in [2.75, 3.05) is 31.3 Å². The van der Waals surface area contributed by atoms with Gasteiger partial charge in [-0.2, -0.15) is 0 Å². The van der Waals surface area contributed by atoms with Crippen LogP contribution >= 0.6 is 11.8 Å². The van der Waals surface area contributed by atoms with Crippen molar-refractivity contribution < 1.29 is 14.3 Å². The number of nitrogens with zero attached hydrogens (tertiary/aromatic N) is 1. The number of hydrogen-bond donors (Lipinski definition) is 2. The van der Waals surface area contributed by atoms with Gasteiger partial charge in [-0.3, -0.25) is 14.5 Å². The Morgan fingerprint density at radius 1 is 1.30 bits per heavy atom. The number of likely N-dealkylation sites (N-methyl/N-ethyl adjacent to an activating group) is 1. The first-order chi connectivity index (χ1) is 14.6. The molecule has 0 unspecified atom stereocenters. The number of fused-ring (bicyclic) bond motifs is 2. The molecule has 0 spiro atoms. The molecular weight excluding hydrogens is 398 g/mol. The van der Waals surface area contributed by atoms with E-state index in [2.05, 4.69) is 46.7 Å². The standard InChI is InChI=1S/C23H27N3O3S/c1-3-26-14-16-7-5-4-6-15(16)10-17(26)13-24-23(28)19-11-18(30-2)12-20-22(19)29-9-8-21(27)25-20/h4-7,11-12,17H,3,8-10,13-14H2,1-2H3,(H,24,28)(H,25,27)/t17-/m0/s1. The summed E-state index contributed by atoms with van der Waals surface area (Å²) in [6.07, 6.45) is 3.14. The lowest BCUT2D eigenvalue weighted by Crippen LogP contribution is -2.47. The summed E-state index contributed by atoms with van der Waals surface area (Å²) in [5, 5.41) is 5.97. The molecule has 0 bridgehead atoms. The van der Waals surface area contributed by atoms with Crippen LogP contribution in [0.3, 0.4) is 0 Å². The zero-order chi connectivity index (χ0) is 21.1. The average molecular weight is 426 g/mol. The average Bonchev–Trinajstić information content (AvgIpc) is 2.96. The van der Waals surface area contributed by atoms with Gasteiger partial charge in [0.1, 0.15) is 0 Å². The lowest BCUT2D eigenvalue weighted by atomic mass is 9.94. The van der Waals surface area contributed by atoms with Crippen LogP contribution in [0.15, 0.2) is 41.3 Å². The number of nitrogens with one attached hydrogen (secondary N) is 2. The third-order valence-electron chi connectivity index (χ3n) is 5.76. The fourth-order valence-electron chi connectivity index (χ4n) is 4.11. The molecule has 0 aliphatic carbocycles. The molecule has 2 aliphatic rings. The molecule has 4 rings (SSSR count). The summed E-state index contributed by atoms with van der Waals surface area (Å²) in [7, 11) is 0. The van der Waals surface area contributed by atoms with Crippen LogP contribution in [-0.4, -0.2) is 48.7 Å². The van der Waals surface area contributed by atoms with E-state index in [0.717, 1.165) is 24.4 Å². The first-order valence-corrected chi connectivity index (χ1v) is 11.5. The van der Waals surface area contributed by atoms with Crippen molar-refractivity contribution in [2.45, 2.75) is 37.2 Å². The van der Waals surface area contributed by atoms with Crippen LogP contribution in [0.25, 0.3) is 0 Å². The van der Waals surface area contributed by atoms with Gasteiger partial charge >= 0.3 is 0 Å². The van der Waals surface area contributed by atoms with Crippen molar-refractivity contribution in [1.82, 2.24) is 10.2 Å². The maximum Gasteiger partial charge on any atom is 0.255 e. The van der Waals surface area contributed by atoms with Gasteiger partial charge < -0.3 is 15.4 Å². The zero-order valence-electron chi connectivity index (χ0n) is 17.4. The van der Waals surface area contributed by atoms with E-state index in [1.807, 2.05) is 18.4 Å². The quantitative estimate of drug-likeness (QED) is 0.720. The van der Waals surface area contributed by atoms with Gasteiger partial charge in [0, 0.05) is 24.0 Å². The summed E-state index contributed by atoms with van der Waals surface area (Å²) in [5.41, 5.74) is 3.75. The number of benzene rings is 2. The monoisotopic (exact) mass is 425 g/mol. The Morgan fingerprint density at radius 2 is 2.10 bits per heavy atom. The van der Waals surface area contributed by atoms with E-state index >= 15 is 0 Å². The molecule has 2 aromatic rings. The molecule has 0 fully saturated rings. The first-order valence-electron chi connectivity index (χ1n) is 10.3. The largest absolute Gasteiger partial charge is 0.490 e. The first kappa shape index (κ1) is 20.8. The van der Waals surface area contributed by atoms with Crippen LogP contribution in [0.1, 0.15) is 34.8 Å². The molecule has 2 N–H and O–H groups in total. The number of carbonyl (C=O) groups is 2.